The van der Waals surface area contributed by atoms with Gasteiger partial charge < -0.3 is 24.1 Å². The van der Waals surface area contributed by atoms with E-state index in [0.29, 0.717) is 24.2 Å². The Labute approximate surface area is 196 Å². The van der Waals surface area contributed by atoms with E-state index < -0.39 is 24.9 Å². The maximum Gasteiger partial charge on any atom is 0.387 e. The number of carbonyl (C=O) groups excluding carboxylic acids is 2. The second-order valence-corrected chi connectivity index (χ2v) is 7.34. The molecule has 2 heterocycles. The first-order valence-electron chi connectivity index (χ1n) is 10.3. The Hall–Kier alpha value is -4.28. The Morgan fingerprint density at radius 1 is 1.03 bits per heavy atom. The quantitative estimate of drug-likeness (QED) is 0.341. The number of amides is 2. The number of halogens is 4. The van der Waals surface area contributed by atoms with Crippen LogP contribution in [0, 0.1) is 0 Å². The lowest BCUT2D eigenvalue weighted by molar-refractivity contribution is -0.111. The highest BCUT2D eigenvalue weighted by Gasteiger charge is 2.26. The first-order valence-corrected chi connectivity index (χ1v) is 10.3. The third kappa shape index (κ3) is 5.81. The Morgan fingerprint density at radius 3 is 2.54 bits per heavy atom. The summed E-state index contributed by atoms with van der Waals surface area (Å²) >= 11 is 0. The molecule has 0 unspecified atom stereocenters. The van der Waals surface area contributed by atoms with E-state index in [0.717, 1.165) is 29.5 Å². The molecule has 4 rings (SSSR count). The van der Waals surface area contributed by atoms with Crippen molar-refractivity contribution in [1.29, 1.82) is 0 Å². The first-order chi connectivity index (χ1) is 16.8. The number of hydrogen-bond donors (Lipinski definition) is 1. The molecule has 3 aromatic rings. The van der Waals surface area contributed by atoms with Crippen LogP contribution < -0.4 is 19.7 Å². The molecule has 0 atom stereocenters. The number of rotatable bonds is 8. The zero-order chi connectivity index (χ0) is 24.9. The van der Waals surface area contributed by atoms with Gasteiger partial charge in [0.05, 0.1) is 11.8 Å². The van der Waals surface area contributed by atoms with Gasteiger partial charge in [-0.3, -0.25) is 9.59 Å². The molecular weight excluding hydrogens is 472 g/mol. The highest BCUT2D eigenvalue weighted by molar-refractivity contribution is 6.07. The van der Waals surface area contributed by atoms with Crippen molar-refractivity contribution in [2.24, 2.45) is 0 Å². The summed E-state index contributed by atoms with van der Waals surface area (Å²) in [5, 5.41) is 2.65. The smallest absolute Gasteiger partial charge is 0.387 e. The van der Waals surface area contributed by atoms with Crippen LogP contribution in [0.2, 0.25) is 0 Å². The summed E-state index contributed by atoms with van der Waals surface area (Å²) in [5.74, 6) is -1.55. The number of furan rings is 1. The molecule has 1 N–H and O–H groups in total. The van der Waals surface area contributed by atoms with Crippen molar-refractivity contribution in [3.05, 3.63) is 77.8 Å². The third-order valence-corrected chi connectivity index (χ3v) is 5.10. The van der Waals surface area contributed by atoms with Gasteiger partial charge in [0.25, 0.3) is 5.91 Å². The predicted octanol–water partition coefficient (Wildman–Crippen LogP) is 5.34. The van der Waals surface area contributed by atoms with Crippen LogP contribution >= 0.6 is 0 Å². The minimum absolute atomic E-state index is 0.0596. The Balaban J connectivity index is 1.44. The lowest BCUT2D eigenvalue weighted by Crippen LogP contribution is -2.28. The molecule has 0 bridgehead atoms. The Morgan fingerprint density at radius 2 is 1.83 bits per heavy atom. The van der Waals surface area contributed by atoms with Gasteiger partial charge in [-0.15, -0.1) is 0 Å². The molecule has 182 valence electrons. The molecule has 0 spiro atoms. The second kappa shape index (κ2) is 10.3. The fourth-order valence-corrected chi connectivity index (χ4v) is 3.61. The molecular formula is C24H18F4N2O5. The zero-order valence-corrected chi connectivity index (χ0v) is 17.9. The monoisotopic (exact) mass is 490 g/mol. The third-order valence-electron chi connectivity index (χ3n) is 5.10. The molecule has 0 fully saturated rings. The number of carbonyl (C=O) groups is 2. The van der Waals surface area contributed by atoms with Crippen molar-refractivity contribution in [2.75, 3.05) is 16.8 Å². The lowest BCUT2D eigenvalue weighted by atomic mass is 10.1. The average Bonchev–Trinajstić information content (AvgIpc) is 3.47. The molecule has 7 nitrogen and oxygen atoms in total. The van der Waals surface area contributed by atoms with Crippen LogP contribution in [0.15, 0.2) is 65.5 Å². The predicted molar refractivity (Wildman–Crippen MR) is 118 cm³/mol. The van der Waals surface area contributed by atoms with Crippen molar-refractivity contribution >= 4 is 29.3 Å². The van der Waals surface area contributed by atoms with Crippen molar-refractivity contribution in [1.82, 2.24) is 0 Å². The summed E-state index contributed by atoms with van der Waals surface area (Å²) < 4.78 is 63.7. The number of nitrogens with one attached hydrogen (secondary N) is 1. The van der Waals surface area contributed by atoms with Gasteiger partial charge >= 0.3 is 13.2 Å². The SMILES string of the molecule is O=C(/C=C/c1ccc(OC(F)F)cc1OC(F)F)Nc1ccc2c(c1)CCN2C(=O)c1ccoc1. The van der Waals surface area contributed by atoms with Crippen LogP contribution in [-0.4, -0.2) is 31.6 Å². The van der Waals surface area contributed by atoms with Crippen LogP contribution in [0.5, 0.6) is 11.5 Å². The van der Waals surface area contributed by atoms with Gasteiger partial charge in [0, 0.05) is 35.6 Å². The van der Waals surface area contributed by atoms with E-state index >= 15 is 0 Å². The highest BCUT2D eigenvalue weighted by Crippen LogP contribution is 2.32. The van der Waals surface area contributed by atoms with Crippen molar-refractivity contribution < 1.29 is 41.0 Å². The zero-order valence-electron chi connectivity index (χ0n) is 17.9. The van der Waals surface area contributed by atoms with E-state index in [-0.39, 0.29) is 17.2 Å². The fourth-order valence-electron chi connectivity index (χ4n) is 3.61. The first kappa shape index (κ1) is 23.9. The number of ether oxygens (including phenoxy) is 2. The second-order valence-electron chi connectivity index (χ2n) is 7.34. The topological polar surface area (TPSA) is 81.0 Å². The van der Waals surface area contributed by atoms with Gasteiger partial charge in [0.2, 0.25) is 5.91 Å². The van der Waals surface area contributed by atoms with Crippen LogP contribution in [0.1, 0.15) is 21.5 Å². The Kier molecular flexibility index (Phi) is 7.04. The number of anilines is 2. The normalized spacial score (nSPS) is 12.9. The number of fused-ring (bicyclic) bond motifs is 1. The maximum atomic E-state index is 12.7. The Bertz CT molecular complexity index is 1240. The van der Waals surface area contributed by atoms with E-state index in [1.165, 1.54) is 24.7 Å². The van der Waals surface area contributed by atoms with Gasteiger partial charge in [-0.25, -0.2) is 0 Å². The van der Waals surface area contributed by atoms with E-state index in [1.54, 1.807) is 29.2 Å². The number of benzene rings is 2. The van der Waals surface area contributed by atoms with E-state index in [4.69, 9.17) is 4.42 Å². The van der Waals surface area contributed by atoms with Gasteiger partial charge in [-0.05, 0) is 54.5 Å². The summed E-state index contributed by atoms with van der Waals surface area (Å²) in [6, 6.07) is 9.90. The minimum Gasteiger partial charge on any atom is -0.472 e. The van der Waals surface area contributed by atoms with E-state index in [1.807, 2.05) is 0 Å². The van der Waals surface area contributed by atoms with Crippen molar-refractivity contribution in [3.8, 4) is 11.5 Å². The highest BCUT2D eigenvalue weighted by atomic mass is 19.3. The summed E-state index contributed by atoms with van der Waals surface area (Å²) in [6.45, 7) is -5.86. The largest absolute Gasteiger partial charge is 0.472 e. The molecule has 0 saturated heterocycles. The van der Waals surface area contributed by atoms with Crippen LogP contribution in [0.4, 0.5) is 28.9 Å². The summed E-state index contributed by atoms with van der Waals surface area (Å²) in [4.78, 5) is 26.6. The van der Waals surface area contributed by atoms with Gasteiger partial charge in [0.1, 0.15) is 17.8 Å². The molecule has 2 amide bonds. The van der Waals surface area contributed by atoms with Gasteiger partial charge in [-0.1, -0.05) is 0 Å². The molecule has 2 aromatic carbocycles. The standard InChI is InChI=1S/C24H18F4N2O5/c25-23(26)34-18-4-1-14(20(12-18)35-24(27)28)2-6-21(31)29-17-3-5-19-15(11-17)7-9-30(19)22(32)16-8-10-33-13-16/h1-6,8,10-13,23-24H,7,9H2,(H,29,31)/b6-2+. The maximum absolute atomic E-state index is 12.7. The number of hydrogen-bond acceptors (Lipinski definition) is 5. The van der Waals surface area contributed by atoms with E-state index in [2.05, 4.69) is 14.8 Å². The van der Waals surface area contributed by atoms with Crippen LogP contribution in [-0.2, 0) is 11.2 Å². The minimum atomic E-state index is -3.20. The van der Waals surface area contributed by atoms with Gasteiger partial charge in [-0.2, -0.15) is 17.6 Å². The molecule has 1 aliphatic rings. The number of alkyl halides is 4. The van der Waals surface area contributed by atoms with Crippen LogP contribution in [0.3, 0.4) is 0 Å². The van der Waals surface area contributed by atoms with Crippen molar-refractivity contribution in [3.63, 3.8) is 0 Å². The fraction of sp³-hybridized carbons (Fsp3) is 0.167. The van der Waals surface area contributed by atoms with E-state index in [9.17, 15) is 27.2 Å². The molecule has 0 radical (unpaired) electrons. The molecule has 0 aliphatic carbocycles. The summed E-state index contributed by atoms with van der Waals surface area (Å²) in [5.41, 5.74) is 2.56. The molecule has 1 aliphatic heterocycles. The number of nitrogens with zero attached hydrogens (tertiary/aromatic N) is 1. The molecule has 11 heteroatoms. The van der Waals surface area contributed by atoms with Crippen LogP contribution in [0.25, 0.3) is 6.08 Å². The van der Waals surface area contributed by atoms with Gasteiger partial charge in [0.15, 0.2) is 0 Å². The summed E-state index contributed by atoms with van der Waals surface area (Å²) in [6.07, 6.45) is 5.68. The molecule has 35 heavy (non-hydrogen) atoms. The molecule has 0 saturated carbocycles. The van der Waals surface area contributed by atoms with Crippen molar-refractivity contribution in [2.45, 2.75) is 19.6 Å². The lowest BCUT2D eigenvalue weighted by Gasteiger charge is -2.16. The average molecular weight is 490 g/mol. The molecule has 1 aromatic heterocycles. The summed E-state index contributed by atoms with van der Waals surface area (Å²) in [7, 11) is 0.